The highest BCUT2D eigenvalue weighted by Crippen LogP contribution is 2.29. The summed E-state index contributed by atoms with van der Waals surface area (Å²) in [5.41, 5.74) is 1.08. The maximum absolute atomic E-state index is 12.6. The van der Waals surface area contributed by atoms with Gasteiger partial charge in [-0.15, -0.1) is 5.10 Å². The van der Waals surface area contributed by atoms with Gasteiger partial charge in [-0.3, -0.25) is 14.9 Å². The monoisotopic (exact) mass is 285 g/mol. The van der Waals surface area contributed by atoms with Gasteiger partial charge in [-0.2, -0.15) is 0 Å². The molecule has 0 radical (unpaired) electrons. The topological polar surface area (TPSA) is 74.8 Å². The lowest BCUT2D eigenvalue weighted by Gasteiger charge is -2.20. The van der Waals surface area contributed by atoms with Crippen molar-refractivity contribution in [1.29, 1.82) is 0 Å². The van der Waals surface area contributed by atoms with Crippen molar-refractivity contribution in [2.45, 2.75) is 45.2 Å². The molecule has 2 aromatic heterocycles. The average molecular weight is 285 g/mol. The highest BCUT2D eigenvalue weighted by atomic mass is 16.2. The second-order valence-corrected chi connectivity index (χ2v) is 5.38. The number of hydrogen-bond donors (Lipinski definition) is 1. The maximum atomic E-state index is 12.6. The third-order valence-electron chi connectivity index (χ3n) is 3.56. The molecule has 3 rings (SSSR count). The van der Waals surface area contributed by atoms with E-state index in [-0.39, 0.29) is 11.7 Å². The Morgan fingerprint density at radius 3 is 2.81 bits per heavy atom. The molecule has 1 aliphatic rings. The third kappa shape index (κ3) is 3.26. The summed E-state index contributed by atoms with van der Waals surface area (Å²) in [5, 5.41) is 6.91. The lowest BCUT2D eigenvalue weighted by Crippen LogP contribution is -2.33. The number of aromatic amines is 1. The number of carbonyl (C=O) groups excluding carboxylic acids is 1. The Morgan fingerprint density at radius 2 is 2.14 bits per heavy atom. The summed E-state index contributed by atoms with van der Waals surface area (Å²) in [4.78, 5) is 22.8. The summed E-state index contributed by atoms with van der Waals surface area (Å²) in [6, 6.07) is 4.19. The minimum atomic E-state index is -0.0899. The van der Waals surface area contributed by atoms with Gasteiger partial charge in [0.25, 0.3) is 5.91 Å². The van der Waals surface area contributed by atoms with E-state index in [0.29, 0.717) is 12.6 Å². The van der Waals surface area contributed by atoms with Gasteiger partial charge >= 0.3 is 0 Å². The van der Waals surface area contributed by atoms with E-state index in [0.717, 1.165) is 37.1 Å². The molecular formula is C15H19N5O. The predicted octanol–water partition coefficient (Wildman–Crippen LogP) is 1.96. The molecule has 1 amide bonds. The molecule has 0 aromatic carbocycles. The van der Waals surface area contributed by atoms with Crippen LogP contribution in [0.15, 0.2) is 24.5 Å². The molecule has 0 bridgehead atoms. The number of nitrogens with zero attached hydrogens (tertiary/aromatic N) is 4. The Balaban J connectivity index is 1.75. The molecule has 0 atom stereocenters. The van der Waals surface area contributed by atoms with Gasteiger partial charge in [-0.05, 0) is 37.0 Å². The van der Waals surface area contributed by atoms with E-state index in [2.05, 4.69) is 27.1 Å². The number of carbonyl (C=O) groups is 1. The van der Waals surface area contributed by atoms with Crippen molar-refractivity contribution in [1.82, 2.24) is 25.1 Å². The van der Waals surface area contributed by atoms with Crippen LogP contribution in [-0.4, -0.2) is 37.0 Å². The van der Waals surface area contributed by atoms with Gasteiger partial charge in [0.2, 0.25) is 5.82 Å². The zero-order valence-corrected chi connectivity index (χ0v) is 12.1. The fourth-order valence-electron chi connectivity index (χ4n) is 2.31. The summed E-state index contributed by atoms with van der Waals surface area (Å²) in [7, 11) is 0. The first kappa shape index (κ1) is 13.7. The van der Waals surface area contributed by atoms with Crippen LogP contribution in [0.1, 0.15) is 48.2 Å². The third-order valence-corrected chi connectivity index (χ3v) is 3.56. The van der Waals surface area contributed by atoms with Gasteiger partial charge < -0.3 is 4.90 Å². The number of amides is 1. The van der Waals surface area contributed by atoms with Gasteiger partial charge in [0.05, 0.1) is 0 Å². The van der Waals surface area contributed by atoms with E-state index in [1.165, 1.54) is 0 Å². The number of nitrogens with one attached hydrogen (secondary N) is 1. The maximum Gasteiger partial charge on any atom is 0.294 e. The first-order valence-electron chi connectivity index (χ1n) is 7.39. The Labute approximate surface area is 123 Å². The first-order valence-corrected chi connectivity index (χ1v) is 7.39. The van der Waals surface area contributed by atoms with Gasteiger partial charge in [-0.1, -0.05) is 6.92 Å². The average Bonchev–Trinajstić information content (AvgIpc) is 3.25. The quantitative estimate of drug-likeness (QED) is 0.880. The summed E-state index contributed by atoms with van der Waals surface area (Å²) in [5.74, 6) is 0.966. The lowest BCUT2D eigenvalue weighted by atomic mass is 10.2. The van der Waals surface area contributed by atoms with E-state index in [4.69, 9.17) is 0 Å². The molecule has 6 nitrogen and oxygen atoms in total. The number of aryl methyl sites for hydroxylation is 1. The fourth-order valence-corrected chi connectivity index (χ4v) is 2.31. The van der Waals surface area contributed by atoms with Crippen molar-refractivity contribution >= 4 is 5.91 Å². The molecular weight excluding hydrogens is 266 g/mol. The minimum Gasteiger partial charge on any atom is -0.329 e. The first-order chi connectivity index (χ1) is 10.3. The van der Waals surface area contributed by atoms with E-state index in [1.807, 2.05) is 17.0 Å². The van der Waals surface area contributed by atoms with E-state index < -0.39 is 0 Å². The number of rotatable bonds is 6. The van der Waals surface area contributed by atoms with Crippen LogP contribution >= 0.6 is 0 Å². The minimum absolute atomic E-state index is 0.0899. The van der Waals surface area contributed by atoms with E-state index >= 15 is 0 Å². The number of hydrogen-bond acceptors (Lipinski definition) is 4. The molecule has 2 heterocycles. The molecule has 1 saturated carbocycles. The molecule has 0 aliphatic heterocycles. The molecule has 1 N–H and O–H groups in total. The smallest absolute Gasteiger partial charge is 0.294 e. The van der Waals surface area contributed by atoms with Crippen molar-refractivity contribution in [3.63, 3.8) is 0 Å². The van der Waals surface area contributed by atoms with Crippen molar-refractivity contribution < 1.29 is 4.79 Å². The standard InChI is InChI=1S/C15H19N5O/c1-2-3-13-17-14(19-18-13)15(21)20(12-4-5-12)10-11-6-8-16-9-7-11/h6-9,12H,2-5,10H2,1H3,(H,17,18,19). The van der Waals surface area contributed by atoms with Crippen molar-refractivity contribution in [3.05, 3.63) is 41.7 Å². The second-order valence-electron chi connectivity index (χ2n) is 5.38. The largest absolute Gasteiger partial charge is 0.329 e. The number of H-pyrrole nitrogens is 1. The Hall–Kier alpha value is -2.24. The second kappa shape index (κ2) is 6.03. The van der Waals surface area contributed by atoms with Crippen LogP contribution in [-0.2, 0) is 13.0 Å². The van der Waals surface area contributed by atoms with E-state index in [1.54, 1.807) is 12.4 Å². The Morgan fingerprint density at radius 1 is 1.38 bits per heavy atom. The van der Waals surface area contributed by atoms with Gasteiger partial charge in [0.15, 0.2) is 0 Å². The normalized spacial score (nSPS) is 14.1. The van der Waals surface area contributed by atoms with Crippen LogP contribution < -0.4 is 0 Å². The molecule has 110 valence electrons. The van der Waals surface area contributed by atoms with Crippen LogP contribution in [0.3, 0.4) is 0 Å². The SMILES string of the molecule is CCCc1nc(C(=O)N(Cc2ccncc2)C2CC2)n[nH]1. The van der Waals surface area contributed by atoms with Crippen molar-refractivity contribution in [3.8, 4) is 0 Å². The van der Waals surface area contributed by atoms with Crippen LogP contribution in [0.25, 0.3) is 0 Å². The molecule has 6 heteroatoms. The van der Waals surface area contributed by atoms with Crippen LogP contribution in [0.5, 0.6) is 0 Å². The van der Waals surface area contributed by atoms with E-state index in [9.17, 15) is 4.79 Å². The molecule has 1 fully saturated rings. The molecule has 21 heavy (non-hydrogen) atoms. The highest BCUT2D eigenvalue weighted by molar-refractivity contribution is 5.90. The number of aromatic nitrogens is 4. The van der Waals surface area contributed by atoms with Crippen LogP contribution in [0.4, 0.5) is 0 Å². The van der Waals surface area contributed by atoms with Crippen molar-refractivity contribution in [2.75, 3.05) is 0 Å². The van der Waals surface area contributed by atoms with Gasteiger partial charge in [0.1, 0.15) is 5.82 Å². The summed E-state index contributed by atoms with van der Waals surface area (Å²) in [6.07, 6.45) is 7.40. The van der Waals surface area contributed by atoms with Crippen LogP contribution in [0, 0.1) is 0 Å². The Kier molecular flexibility index (Phi) is 3.94. The number of pyridine rings is 1. The highest BCUT2D eigenvalue weighted by Gasteiger charge is 2.34. The van der Waals surface area contributed by atoms with Gasteiger partial charge in [0, 0.05) is 31.4 Å². The summed E-state index contributed by atoms with van der Waals surface area (Å²) >= 11 is 0. The van der Waals surface area contributed by atoms with Gasteiger partial charge in [-0.25, -0.2) is 4.98 Å². The molecule has 2 aromatic rings. The molecule has 0 saturated heterocycles. The molecule has 1 aliphatic carbocycles. The Bertz CT molecular complexity index is 606. The fraction of sp³-hybridized carbons (Fsp3) is 0.467. The lowest BCUT2D eigenvalue weighted by molar-refractivity contribution is 0.0717. The summed E-state index contributed by atoms with van der Waals surface area (Å²) < 4.78 is 0. The predicted molar refractivity (Wildman–Crippen MR) is 77.5 cm³/mol. The molecule has 0 unspecified atom stereocenters. The van der Waals surface area contributed by atoms with Crippen molar-refractivity contribution in [2.24, 2.45) is 0 Å². The zero-order chi connectivity index (χ0) is 14.7. The van der Waals surface area contributed by atoms with Crippen LogP contribution in [0.2, 0.25) is 0 Å². The zero-order valence-electron chi connectivity index (χ0n) is 12.1. The summed E-state index contributed by atoms with van der Waals surface area (Å²) in [6.45, 7) is 2.66. The molecule has 0 spiro atoms.